The highest BCUT2D eigenvalue weighted by atomic mass is 35.5. The molecule has 3 nitrogen and oxygen atoms in total. The van der Waals surface area contributed by atoms with E-state index in [2.05, 4.69) is 11.2 Å². The lowest BCUT2D eigenvalue weighted by Crippen LogP contribution is -2.38. The molecule has 1 aromatic carbocycles. The van der Waals surface area contributed by atoms with Gasteiger partial charge in [0.15, 0.2) is 0 Å². The molecule has 4 heteroatoms. The van der Waals surface area contributed by atoms with E-state index in [1.54, 1.807) is 18.2 Å². The Bertz CT molecular complexity index is 507. The molecule has 0 fully saturated rings. The zero-order chi connectivity index (χ0) is 12.5. The molecule has 0 bridgehead atoms. The van der Waals surface area contributed by atoms with Crippen molar-refractivity contribution in [2.75, 3.05) is 5.32 Å². The van der Waals surface area contributed by atoms with E-state index in [1.165, 1.54) is 0 Å². The van der Waals surface area contributed by atoms with Crippen LogP contribution in [0.2, 0.25) is 5.02 Å². The second kappa shape index (κ2) is 4.31. The molecule has 1 aliphatic rings. The van der Waals surface area contributed by atoms with Crippen LogP contribution in [-0.2, 0) is 10.3 Å². The average molecular weight is 250 g/mol. The highest BCUT2D eigenvalue weighted by molar-refractivity contribution is 6.30. The molecule has 0 saturated heterocycles. The fraction of sp³-hybridized carbons (Fsp3) is 0.308. The summed E-state index contributed by atoms with van der Waals surface area (Å²) in [5.41, 5.74) is 0.406. The molecule has 0 unspecified atom stereocenters. The molecule has 88 valence electrons. The lowest BCUT2D eigenvalue weighted by Gasteiger charge is -2.34. The maximum atomic E-state index is 11.5. The predicted octanol–water partition coefficient (Wildman–Crippen LogP) is 3.53. The smallest absolute Gasteiger partial charge is 0.413 e. The minimum atomic E-state index is -1.00. The zero-order valence-corrected chi connectivity index (χ0v) is 10.2. The van der Waals surface area contributed by atoms with Crippen LogP contribution < -0.4 is 5.32 Å². The van der Waals surface area contributed by atoms with Crippen LogP contribution in [0.15, 0.2) is 18.2 Å². The second-order valence-electron chi connectivity index (χ2n) is 3.93. The Balaban J connectivity index is 2.60. The van der Waals surface area contributed by atoms with Crippen molar-refractivity contribution in [2.45, 2.75) is 25.4 Å². The number of cyclic esters (lactones) is 1. The van der Waals surface area contributed by atoms with Gasteiger partial charge in [-0.2, -0.15) is 0 Å². The molecule has 2 rings (SSSR count). The van der Waals surface area contributed by atoms with Gasteiger partial charge >= 0.3 is 6.09 Å². The van der Waals surface area contributed by atoms with E-state index in [4.69, 9.17) is 22.8 Å². The van der Waals surface area contributed by atoms with E-state index in [-0.39, 0.29) is 0 Å². The van der Waals surface area contributed by atoms with Gasteiger partial charge in [-0.15, -0.1) is 6.42 Å². The quantitative estimate of drug-likeness (QED) is 0.815. The van der Waals surface area contributed by atoms with E-state index < -0.39 is 11.7 Å². The molecule has 1 heterocycles. The monoisotopic (exact) mass is 249 g/mol. The Morgan fingerprint density at radius 1 is 1.59 bits per heavy atom. The highest BCUT2D eigenvalue weighted by Gasteiger charge is 2.39. The van der Waals surface area contributed by atoms with E-state index >= 15 is 0 Å². The van der Waals surface area contributed by atoms with Crippen molar-refractivity contribution in [1.29, 1.82) is 0 Å². The van der Waals surface area contributed by atoms with Crippen LogP contribution in [0.25, 0.3) is 0 Å². The summed E-state index contributed by atoms with van der Waals surface area (Å²) in [4.78, 5) is 11.5. The van der Waals surface area contributed by atoms with Crippen molar-refractivity contribution < 1.29 is 9.53 Å². The summed E-state index contributed by atoms with van der Waals surface area (Å²) in [5.74, 6) is 2.59. The molecule has 0 radical (unpaired) electrons. The normalized spacial score (nSPS) is 22.1. The number of rotatable bonds is 2. The van der Waals surface area contributed by atoms with Crippen LogP contribution in [0, 0.1) is 12.3 Å². The molecule has 1 N–H and O–H groups in total. The summed E-state index contributed by atoms with van der Waals surface area (Å²) < 4.78 is 5.30. The van der Waals surface area contributed by atoms with Crippen LogP contribution in [-0.4, -0.2) is 6.09 Å². The highest BCUT2D eigenvalue weighted by Crippen LogP contribution is 2.40. The van der Waals surface area contributed by atoms with E-state index in [1.807, 2.05) is 6.92 Å². The number of carbonyl (C=O) groups excluding carboxylic acids is 1. The Hall–Kier alpha value is -1.66. The predicted molar refractivity (Wildman–Crippen MR) is 67.0 cm³/mol. The van der Waals surface area contributed by atoms with Gasteiger partial charge in [0.2, 0.25) is 5.60 Å². The first-order valence-corrected chi connectivity index (χ1v) is 5.77. The summed E-state index contributed by atoms with van der Waals surface area (Å²) in [6, 6.07) is 5.19. The van der Waals surface area contributed by atoms with E-state index in [0.717, 1.165) is 12.0 Å². The number of anilines is 1. The SMILES string of the molecule is C#C[C@@]1(CCC)OC(=O)Nc2ccc(Cl)cc21. The van der Waals surface area contributed by atoms with E-state index in [0.29, 0.717) is 17.1 Å². The first-order valence-electron chi connectivity index (χ1n) is 5.39. The van der Waals surface area contributed by atoms with Crippen LogP contribution in [0.4, 0.5) is 10.5 Å². The molecule has 0 spiro atoms. The summed E-state index contributed by atoms with van der Waals surface area (Å²) in [6.07, 6.45) is 6.41. The maximum Gasteiger partial charge on any atom is 0.413 e. The topological polar surface area (TPSA) is 38.3 Å². The number of carbonyl (C=O) groups is 1. The van der Waals surface area contributed by atoms with Crippen molar-refractivity contribution in [3.8, 4) is 12.3 Å². The Morgan fingerprint density at radius 3 is 3.00 bits per heavy atom. The minimum absolute atomic E-state index is 0.522. The largest absolute Gasteiger partial charge is 0.425 e. The molecule has 17 heavy (non-hydrogen) atoms. The van der Waals surface area contributed by atoms with Crippen LogP contribution in [0.1, 0.15) is 25.3 Å². The van der Waals surface area contributed by atoms with Gasteiger partial charge < -0.3 is 4.74 Å². The Labute approximate surface area is 105 Å². The molecule has 1 atom stereocenters. The lowest BCUT2D eigenvalue weighted by molar-refractivity contribution is 0.0506. The molecule has 0 aliphatic carbocycles. The number of ether oxygens (including phenoxy) is 1. The second-order valence-corrected chi connectivity index (χ2v) is 4.36. The van der Waals surface area contributed by atoms with Gasteiger partial charge in [-0.1, -0.05) is 30.9 Å². The van der Waals surface area contributed by atoms with Crippen molar-refractivity contribution in [2.24, 2.45) is 0 Å². The van der Waals surface area contributed by atoms with E-state index in [9.17, 15) is 4.79 Å². The summed E-state index contributed by atoms with van der Waals surface area (Å²) in [6.45, 7) is 1.99. The standard InChI is InChI=1S/C13H12ClNO2/c1-3-7-13(4-2)10-8-9(14)5-6-11(10)15-12(16)17-13/h2,5-6,8H,3,7H2,1H3,(H,15,16)/t13-/m0/s1. The number of hydrogen-bond donors (Lipinski definition) is 1. The molecular weight excluding hydrogens is 238 g/mol. The molecule has 1 aromatic rings. The number of halogens is 1. The third kappa shape index (κ3) is 1.96. The van der Waals surface area contributed by atoms with Gasteiger partial charge in [-0.3, -0.25) is 5.32 Å². The Morgan fingerprint density at radius 2 is 2.35 bits per heavy atom. The van der Waals surface area contributed by atoms with Crippen molar-refractivity contribution >= 4 is 23.4 Å². The van der Waals surface area contributed by atoms with Gasteiger partial charge in [0.25, 0.3) is 0 Å². The maximum absolute atomic E-state index is 11.5. The van der Waals surface area contributed by atoms with Crippen LogP contribution in [0.3, 0.4) is 0 Å². The third-order valence-electron chi connectivity index (χ3n) is 2.76. The van der Waals surface area contributed by atoms with Gasteiger partial charge in [0.1, 0.15) is 0 Å². The fourth-order valence-electron chi connectivity index (χ4n) is 2.03. The van der Waals surface area contributed by atoms with Gasteiger partial charge in [0, 0.05) is 17.0 Å². The van der Waals surface area contributed by atoms with Crippen molar-refractivity contribution in [1.82, 2.24) is 0 Å². The average Bonchev–Trinajstić information content (AvgIpc) is 2.30. The lowest BCUT2D eigenvalue weighted by atomic mass is 9.87. The molecule has 0 saturated carbocycles. The molecular formula is C13H12ClNO2. The van der Waals surface area contributed by atoms with Gasteiger partial charge in [0.05, 0.1) is 5.69 Å². The third-order valence-corrected chi connectivity index (χ3v) is 2.99. The zero-order valence-electron chi connectivity index (χ0n) is 9.42. The Kier molecular flexibility index (Phi) is 2.99. The number of benzene rings is 1. The summed E-state index contributed by atoms with van der Waals surface area (Å²) in [5, 5.41) is 3.19. The van der Waals surface area contributed by atoms with Crippen molar-refractivity contribution in [3.05, 3.63) is 28.8 Å². The first-order chi connectivity index (χ1) is 8.11. The molecule has 1 amide bonds. The van der Waals surface area contributed by atoms with Gasteiger partial charge in [-0.05, 0) is 18.2 Å². The molecule has 0 aromatic heterocycles. The van der Waals surface area contributed by atoms with Crippen LogP contribution in [0.5, 0.6) is 0 Å². The number of nitrogens with one attached hydrogen (secondary N) is 1. The first kappa shape index (κ1) is 11.8. The minimum Gasteiger partial charge on any atom is -0.425 e. The summed E-state index contributed by atoms with van der Waals surface area (Å²) in [7, 11) is 0. The number of amides is 1. The number of hydrogen-bond acceptors (Lipinski definition) is 2. The fourth-order valence-corrected chi connectivity index (χ4v) is 2.20. The molecule has 1 aliphatic heterocycles. The number of terminal acetylenes is 1. The van der Waals surface area contributed by atoms with Crippen molar-refractivity contribution in [3.63, 3.8) is 0 Å². The van der Waals surface area contributed by atoms with Gasteiger partial charge in [-0.25, -0.2) is 4.79 Å². The van der Waals surface area contributed by atoms with Crippen LogP contribution >= 0.6 is 11.6 Å². The number of fused-ring (bicyclic) bond motifs is 1. The summed E-state index contributed by atoms with van der Waals surface area (Å²) >= 11 is 5.96.